The van der Waals surface area contributed by atoms with Crippen molar-refractivity contribution in [1.82, 2.24) is 0 Å². The Balaban J connectivity index is 2.30. The molecule has 0 saturated heterocycles. The zero-order chi connectivity index (χ0) is 15.2. The van der Waals surface area contributed by atoms with Crippen LogP contribution in [0.4, 0.5) is 0 Å². The smallest absolute Gasteiger partial charge is 0.162 e. The molecule has 2 aromatic rings. The van der Waals surface area contributed by atoms with E-state index in [0.717, 1.165) is 16.5 Å². The molecule has 0 radical (unpaired) electrons. The molecule has 2 atom stereocenters. The van der Waals surface area contributed by atoms with Gasteiger partial charge in [0.2, 0.25) is 0 Å². The molecule has 0 spiro atoms. The number of halogens is 1. The summed E-state index contributed by atoms with van der Waals surface area (Å²) in [6, 6.07) is 15.6. The van der Waals surface area contributed by atoms with E-state index in [1.165, 1.54) is 0 Å². The van der Waals surface area contributed by atoms with Crippen LogP contribution in [-0.2, 0) is 0 Å². The molecule has 21 heavy (non-hydrogen) atoms. The van der Waals surface area contributed by atoms with E-state index in [9.17, 15) is 0 Å². The summed E-state index contributed by atoms with van der Waals surface area (Å²) >= 11 is 3.45. The van der Waals surface area contributed by atoms with E-state index in [4.69, 9.17) is 15.2 Å². The molecular formula is C17H20BrNO2. The second-order valence-corrected chi connectivity index (χ2v) is 5.73. The molecule has 2 rings (SSSR count). The second kappa shape index (κ2) is 7.48. The fourth-order valence-electron chi connectivity index (χ4n) is 2.12. The molecule has 0 aliphatic heterocycles. The molecule has 0 saturated carbocycles. The molecule has 2 N–H and O–H groups in total. The number of para-hydroxylation sites is 2. The normalized spacial score (nSPS) is 13.5. The quantitative estimate of drug-likeness (QED) is 0.844. The Kier molecular flexibility index (Phi) is 5.65. The third kappa shape index (κ3) is 3.99. The summed E-state index contributed by atoms with van der Waals surface area (Å²) in [6.45, 7) is 2.06. The van der Waals surface area contributed by atoms with Crippen LogP contribution in [0.1, 0.15) is 25.0 Å². The van der Waals surface area contributed by atoms with E-state index in [2.05, 4.69) is 22.9 Å². The third-order valence-corrected chi connectivity index (χ3v) is 3.91. The highest BCUT2D eigenvalue weighted by molar-refractivity contribution is 9.10. The lowest BCUT2D eigenvalue weighted by Crippen LogP contribution is -2.31. The van der Waals surface area contributed by atoms with Crippen molar-refractivity contribution >= 4 is 15.9 Å². The van der Waals surface area contributed by atoms with Crippen LogP contribution in [0.15, 0.2) is 53.0 Å². The minimum Gasteiger partial charge on any atom is -0.493 e. The van der Waals surface area contributed by atoms with Crippen molar-refractivity contribution in [2.75, 3.05) is 7.11 Å². The van der Waals surface area contributed by atoms with Crippen molar-refractivity contribution in [3.63, 3.8) is 0 Å². The Morgan fingerprint density at radius 2 is 1.67 bits per heavy atom. The Hall–Kier alpha value is -1.52. The summed E-state index contributed by atoms with van der Waals surface area (Å²) in [4.78, 5) is 0. The van der Waals surface area contributed by atoms with Gasteiger partial charge in [0.25, 0.3) is 0 Å². The van der Waals surface area contributed by atoms with Crippen LogP contribution >= 0.6 is 15.9 Å². The topological polar surface area (TPSA) is 44.5 Å². The van der Waals surface area contributed by atoms with E-state index in [1.54, 1.807) is 7.11 Å². The monoisotopic (exact) mass is 349 g/mol. The molecule has 3 nitrogen and oxygen atoms in total. The maximum atomic E-state index is 6.25. The number of methoxy groups -OCH3 is 1. The lowest BCUT2D eigenvalue weighted by atomic mass is 10.0. The number of benzene rings is 2. The zero-order valence-corrected chi connectivity index (χ0v) is 13.8. The summed E-state index contributed by atoms with van der Waals surface area (Å²) in [5.41, 5.74) is 7.30. The molecule has 112 valence electrons. The molecule has 2 unspecified atom stereocenters. The predicted octanol–water partition coefficient (Wildman–Crippen LogP) is 4.32. The molecule has 2 aromatic carbocycles. The van der Waals surface area contributed by atoms with Crippen LogP contribution in [0.2, 0.25) is 0 Å². The van der Waals surface area contributed by atoms with Gasteiger partial charge in [-0.2, -0.15) is 0 Å². The number of hydrogen-bond acceptors (Lipinski definition) is 3. The van der Waals surface area contributed by atoms with Crippen molar-refractivity contribution < 1.29 is 9.47 Å². The Morgan fingerprint density at radius 1 is 1.05 bits per heavy atom. The molecule has 0 heterocycles. The summed E-state index contributed by atoms with van der Waals surface area (Å²) in [7, 11) is 1.64. The van der Waals surface area contributed by atoms with Crippen LogP contribution in [-0.4, -0.2) is 13.2 Å². The van der Waals surface area contributed by atoms with Crippen LogP contribution < -0.4 is 15.2 Å². The van der Waals surface area contributed by atoms with Gasteiger partial charge in [-0.25, -0.2) is 0 Å². The van der Waals surface area contributed by atoms with E-state index >= 15 is 0 Å². The van der Waals surface area contributed by atoms with Gasteiger partial charge in [-0.05, 0) is 36.2 Å². The summed E-state index contributed by atoms with van der Waals surface area (Å²) in [5, 5.41) is 0. The van der Waals surface area contributed by atoms with Gasteiger partial charge in [-0.15, -0.1) is 0 Å². The SMILES string of the molecule is CCC(N)C(Oc1ccccc1OC)c1ccc(Br)cc1. The molecule has 4 heteroatoms. The standard InChI is InChI=1S/C17H20BrNO2/c1-3-14(19)17(12-8-10-13(18)11-9-12)21-16-7-5-4-6-15(16)20-2/h4-11,14,17H,3,19H2,1-2H3. The average Bonchev–Trinajstić information content (AvgIpc) is 2.53. The number of ether oxygens (including phenoxy) is 2. The van der Waals surface area contributed by atoms with Crippen molar-refractivity contribution in [2.24, 2.45) is 5.73 Å². The van der Waals surface area contributed by atoms with E-state index in [1.807, 2.05) is 48.5 Å². The van der Waals surface area contributed by atoms with E-state index in [-0.39, 0.29) is 12.1 Å². The number of hydrogen-bond donors (Lipinski definition) is 1. The number of nitrogens with two attached hydrogens (primary N) is 1. The van der Waals surface area contributed by atoms with Gasteiger partial charge >= 0.3 is 0 Å². The molecule has 0 amide bonds. The summed E-state index contributed by atoms with van der Waals surface area (Å²) in [5.74, 6) is 1.42. The Morgan fingerprint density at radius 3 is 2.24 bits per heavy atom. The molecule has 0 aliphatic rings. The highest BCUT2D eigenvalue weighted by Crippen LogP contribution is 2.32. The van der Waals surface area contributed by atoms with E-state index in [0.29, 0.717) is 11.5 Å². The van der Waals surface area contributed by atoms with Gasteiger partial charge in [0.05, 0.1) is 7.11 Å². The van der Waals surface area contributed by atoms with Gasteiger partial charge in [-0.1, -0.05) is 47.1 Å². The first-order valence-corrected chi connectivity index (χ1v) is 7.75. The molecule has 0 fully saturated rings. The van der Waals surface area contributed by atoms with Crippen LogP contribution in [0, 0.1) is 0 Å². The van der Waals surface area contributed by atoms with Crippen molar-refractivity contribution in [3.8, 4) is 11.5 Å². The van der Waals surface area contributed by atoms with Crippen LogP contribution in [0.25, 0.3) is 0 Å². The largest absolute Gasteiger partial charge is 0.493 e. The first kappa shape index (κ1) is 15.9. The maximum Gasteiger partial charge on any atom is 0.162 e. The lowest BCUT2D eigenvalue weighted by Gasteiger charge is -2.25. The first-order valence-electron chi connectivity index (χ1n) is 6.96. The summed E-state index contributed by atoms with van der Waals surface area (Å²) < 4.78 is 12.5. The number of rotatable bonds is 6. The highest BCUT2D eigenvalue weighted by atomic mass is 79.9. The molecule has 0 aromatic heterocycles. The lowest BCUT2D eigenvalue weighted by molar-refractivity contribution is 0.164. The highest BCUT2D eigenvalue weighted by Gasteiger charge is 2.21. The Labute approximate surface area is 134 Å². The second-order valence-electron chi connectivity index (χ2n) is 4.81. The molecule has 0 bridgehead atoms. The van der Waals surface area contributed by atoms with Crippen LogP contribution in [0.3, 0.4) is 0 Å². The van der Waals surface area contributed by atoms with E-state index < -0.39 is 0 Å². The van der Waals surface area contributed by atoms with Gasteiger partial charge < -0.3 is 15.2 Å². The van der Waals surface area contributed by atoms with Crippen LogP contribution in [0.5, 0.6) is 11.5 Å². The van der Waals surface area contributed by atoms with Gasteiger partial charge in [0.1, 0.15) is 6.10 Å². The fraction of sp³-hybridized carbons (Fsp3) is 0.294. The fourth-order valence-corrected chi connectivity index (χ4v) is 2.39. The zero-order valence-electron chi connectivity index (χ0n) is 12.3. The Bertz CT molecular complexity index is 571. The molecular weight excluding hydrogens is 330 g/mol. The van der Waals surface area contributed by atoms with Gasteiger partial charge in [0.15, 0.2) is 11.5 Å². The van der Waals surface area contributed by atoms with Gasteiger partial charge in [-0.3, -0.25) is 0 Å². The first-order chi connectivity index (χ1) is 10.2. The minimum absolute atomic E-state index is 0.0870. The van der Waals surface area contributed by atoms with Crippen molar-refractivity contribution in [1.29, 1.82) is 0 Å². The average molecular weight is 350 g/mol. The van der Waals surface area contributed by atoms with Gasteiger partial charge in [0, 0.05) is 10.5 Å². The summed E-state index contributed by atoms with van der Waals surface area (Å²) in [6.07, 6.45) is 0.620. The predicted molar refractivity (Wildman–Crippen MR) is 88.8 cm³/mol. The minimum atomic E-state index is -0.209. The maximum absolute atomic E-state index is 6.25. The third-order valence-electron chi connectivity index (χ3n) is 3.38. The van der Waals surface area contributed by atoms with Crippen molar-refractivity contribution in [3.05, 3.63) is 58.6 Å². The van der Waals surface area contributed by atoms with Crippen molar-refractivity contribution in [2.45, 2.75) is 25.5 Å². The molecule has 0 aliphatic carbocycles.